The molecule has 1 atom stereocenters. The Kier molecular flexibility index (Phi) is 4.78. The molecule has 2 aromatic rings. The molecule has 114 valence electrons. The number of hydrogen-bond donors (Lipinski definition) is 1. The third-order valence-corrected chi connectivity index (χ3v) is 3.80. The highest BCUT2D eigenvalue weighted by Gasteiger charge is 2.23. The molecule has 0 spiro atoms. The van der Waals surface area contributed by atoms with Crippen molar-refractivity contribution in [3.05, 3.63) is 52.1 Å². The van der Waals surface area contributed by atoms with Crippen LogP contribution in [0.15, 0.2) is 18.2 Å². The number of nitrogens with zero attached hydrogens (tertiary/aromatic N) is 2. The van der Waals surface area contributed by atoms with E-state index in [0.717, 1.165) is 35.5 Å². The monoisotopic (exact) mass is 289 g/mol. The quantitative estimate of drug-likeness (QED) is 0.914. The molecule has 0 bridgehead atoms. The highest BCUT2D eigenvalue weighted by Crippen LogP contribution is 2.28. The summed E-state index contributed by atoms with van der Waals surface area (Å²) in [5.41, 5.74) is 4.66. The van der Waals surface area contributed by atoms with Gasteiger partial charge in [0.15, 0.2) is 0 Å². The molecule has 0 aliphatic carbocycles. The first-order valence-electron chi connectivity index (χ1n) is 7.50. The Hall–Kier alpha value is -1.68. The van der Waals surface area contributed by atoms with Crippen LogP contribution in [-0.4, -0.2) is 16.3 Å². The van der Waals surface area contributed by atoms with Crippen LogP contribution in [-0.2, 0) is 13.5 Å². The van der Waals surface area contributed by atoms with E-state index in [1.165, 1.54) is 0 Å². The summed E-state index contributed by atoms with van der Waals surface area (Å²) in [7, 11) is 1.92. The number of aryl methyl sites for hydroxylation is 4. The van der Waals surface area contributed by atoms with Crippen LogP contribution in [0.1, 0.15) is 48.0 Å². The summed E-state index contributed by atoms with van der Waals surface area (Å²) in [6.07, 6.45) is 0.877. The fourth-order valence-electron chi connectivity index (χ4n) is 2.84. The number of halogens is 1. The molecule has 21 heavy (non-hydrogen) atoms. The Balaban J connectivity index is 2.55. The normalized spacial score (nSPS) is 12.7. The van der Waals surface area contributed by atoms with E-state index in [9.17, 15) is 4.39 Å². The summed E-state index contributed by atoms with van der Waals surface area (Å²) < 4.78 is 16.4. The molecule has 1 unspecified atom stereocenters. The molecular formula is C17H24FN3. The van der Waals surface area contributed by atoms with Gasteiger partial charge in [0.1, 0.15) is 5.82 Å². The van der Waals surface area contributed by atoms with Crippen molar-refractivity contribution in [1.29, 1.82) is 0 Å². The van der Waals surface area contributed by atoms with Gasteiger partial charge in [-0.15, -0.1) is 0 Å². The van der Waals surface area contributed by atoms with E-state index >= 15 is 0 Å². The molecule has 0 radical (unpaired) electrons. The van der Waals surface area contributed by atoms with Gasteiger partial charge < -0.3 is 5.32 Å². The first kappa shape index (κ1) is 15.7. The van der Waals surface area contributed by atoms with Crippen molar-refractivity contribution in [2.45, 2.75) is 40.2 Å². The topological polar surface area (TPSA) is 29.9 Å². The molecule has 1 aromatic heterocycles. The van der Waals surface area contributed by atoms with Crippen LogP contribution in [0.4, 0.5) is 4.39 Å². The van der Waals surface area contributed by atoms with Gasteiger partial charge in [0.2, 0.25) is 0 Å². The number of hydrogen-bond acceptors (Lipinski definition) is 2. The third-order valence-electron chi connectivity index (χ3n) is 3.80. The van der Waals surface area contributed by atoms with E-state index in [0.29, 0.717) is 5.56 Å². The third kappa shape index (κ3) is 3.16. The molecule has 0 saturated heterocycles. The lowest BCUT2D eigenvalue weighted by Gasteiger charge is -2.21. The summed E-state index contributed by atoms with van der Waals surface area (Å²) in [6, 6.07) is 5.52. The van der Waals surface area contributed by atoms with Crippen LogP contribution in [0.25, 0.3) is 0 Å². The predicted octanol–water partition coefficient (Wildman–Crippen LogP) is 3.44. The average Bonchev–Trinajstić information content (AvgIpc) is 2.78. The summed E-state index contributed by atoms with van der Waals surface area (Å²) >= 11 is 0. The maximum atomic E-state index is 14.5. The SMILES string of the molecule is CCNC(c1c(C)cc(C)cc1F)c1cc(CC)nn1C. The van der Waals surface area contributed by atoms with Crippen molar-refractivity contribution < 1.29 is 4.39 Å². The lowest BCUT2D eigenvalue weighted by atomic mass is 9.96. The highest BCUT2D eigenvalue weighted by molar-refractivity contribution is 5.38. The Morgan fingerprint density at radius 2 is 1.95 bits per heavy atom. The van der Waals surface area contributed by atoms with Gasteiger partial charge in [-0.25, -0.2) is 4.39 Å². The second kappa shape index (κ2) is 6.39. The van der Waals surface area contributed by atoms with Crippen LogP contribution in [0.3, 0.4) is 0 Å². The zero-order valence-electron chi connectivity index (χ0n) is 13.5. The second-order valence-electron chi connectivity index (χ2n) is 5.51. The first-order chi connectivity index (χ1) is 9.97. The van der Waals surface area contributed by atoms with Crippen LogP contribution in [0, 0.1) is 19.7 Å². The average molecular weight is 289 g/mol. The Morgan fingerprint density at radius 3 is 2.48 bits per heavy atom. The van der Waals surface area contributed by atoms with Crippen LogP contribution in [0.2, 0.25) is 0 Å². The van der Waals surface area contributed by atoms with Crippen molar-refractivity contribution in [3.63, 3.8) is 0 Å². The fourth-order valence-corrected chi connectivity index (χ4v) is 2.84. The Labute approximate surface area is 126 Å². The number of benzene rings is 1. The van der Waals surface area contributed by atoms with Crippen LogP contribution >= 0.6 is 0 Å². The minimum absolute atomic E-state index is 0.155. The van der Waals surface area contributed by atoms with Gasteiger partial charge in [-0.3, -0.25) is 4.68 Å². The van der Waals surface area contributed by atoms with Gasteiger partial charge in [-0.1, -0.05) is 19.9 Å². The molecule has 3 nitrogen and oxygen atoms in total. The molecule has 0 fully saturated rings. The van der Waals surface area contributed by atoms with Crippen molar-refractivity contribution in [2.75, 3.05) is 6.54 Å². The predicted molar refractivity (Wildman–Crippen MR) is 84.0 cm³/mol. The van der Waals surface area contributed by atoms with Crippen molar-refractivity contribution in [2.24, 2.45) is 7.05 Å². The second-order valence-corrected chi connectivity index (χ2v) is 5.51. The van der Waals surface area contributed by atoms with Crippen LogP contribution < -0.4 is 5.32 Å². The van der Waals surface area contributed by atoms with Gasteiger partial charge in [-0.2, -0.15) is 5.10 Å². The van der Waals surface area contributed by atoms with Gasteiger partial charge in [-0.05, 0) is 50.1 Å². The largest absolute Gasteiger partial charge is 0.305 e. The van der Waals surface area contributed by atoms with Gasteiger partial charge in [0.25, 0.3) is 0 Å². The summed E-state index contributed by atoms with van der Waals surface area (Å²) in [5.74, 6) is -0.155. The summed E-state index contributed by atoms with van der Waals surface area (Å²) in [6.45, 7) is 8.76. The smallest absolute Gasteiger partial charge is 0.128 e. The number of nitrogens with one attached hydrogen (secondary N) is 1. The minimum Gasteiger partial charge on any atom is -0.305 e. The van der Waals surface area contributed by atoms with E-state index in [1.54, 1.807) is 6.07 Å². The van der Waals surface area contributed by atoms with Crippen LogP contribution in [0.5, 0.6) is 0 Å². The van der Waals surface area contributed by atoms with E-state index in [4.69, 9.17) is 0 Å². The lowest BCUT2D eigenvalue weighted by Crippen LogP contribution is -2.26. The van der Waals surface area contributed by atoms with E-state index in [-0.39, 0.29) is 11.9 Å². The zero-order chi connectivity index (χ0) is 15.6. The van der Waals surface area contributed by atoms with E-state index in [1.807, 2.05) is 38.6 Å². The maximum absolute atomic E-state index is 14.5. The van der Waals surface area contributed by atoms with Gasteiger partial charge in [0.05, 0.1) is 17.4 Å². The van der Waals surface area contributed by atoms with E-state index < -0.39 is 0 Å². The lowest BCUT2D eigenvalue weighted by molar-refractivity contribution is 0.528. The molecule has 0 amide bonds. The molecule has 0 aliphatic rings. The number of aromatic nitrogens is 2. The van der Waals surface area contributed by atoms with Crippen molar-refractivity contribution >= 4 is 0 Å². The molecule has 1 heterocycles. The van der Waals surface area contributed by atoms with Gasteiger partial charge >= 0.3 is 0 Å². The minimum atomic E-state index is -0.173. The molecule has 2 rings (SSSR count). The Bertz CT molecular complexity index is 608. The molecular weight excluding hydrogens is 265 g/mol. The highest BCUT2D eigenvalue weighted by atomic mass is 19.1. The molecule has 0 aliphatic heterocycles. The zero-order valence-corrected chi connectivity index (χ0v) is 13.5. The molecule has 1 N–H and O–H groups in total. The summed E-state index contributed by atoms with van der Waals surface area (Å²) in [4.78, 5) is 0. The van der Waals surface area contributed by atoms with Crippen molar-refractivity contribution in [3.8, 4) is 0 Å². The Morgan fingerprint density at radius 1 is 1.24 bits per heavy atom. The molecule has 4 heteroatoms. The van der Waals surface area contributed by atoms with Crippen molar-refractivity contribution in [1.82, 2.24) is 15.1 Å². The van der Waals surface area contributed by atoms with E-state index in [2.05, 4.69) is 23.4 Å². The molecule has 0 saturated carbocycles. The number of rotatable bonds is 5. The maximum Gasteiger partial charge on any atom is 0.128 e. The summed E-state index contributed by atoms with van der Waals surface area (Å²) in [5, 5.41) is 7.88. The standard InChI is InChI=1S/C17H24FN3/c1-6-13-10-15(21(5)20-13)17(19-7-2)16-12(4)8-11(3)9-14(16)18/h8-10,17,19H,6-7H2,1-5H3. The fraction of sp³-hybridized carbons (Fsp3) is 0.471. The van der Waals surface area contributed by atoms with Gasteiger partial charge in [0, 0.05) is 12.6 Å². The molecule has 1 aromatic carbocycles. The first-order valence-corrected chi connectivity index (χ1v) is 7.50.